The lowest BCUT2D eigenvalue weighted by molar-refractivity contribution is -0.135. The quantitative estimate of drug-likeness (QED) is 0.773. The summed E-state index contributed by atoms with van der Waals surface area (Å²) in [6.07, 6.45) is 5.09. The smallest absolute Gasteiger partial charge is 0.225 e. The van der Waals surface area contributed by atoms with E-state index in [1.54, 1.807) is 0 Å². The molecule has 0 spiro atoms. The summed E-state index contributed by atoms with van der Waals surface area (Å²) in [4.78, 5) is 19.0. The number of hydrogen-bond acceptors (Lipinski definition) is 3. The number of hydrogen-bond donors (Lipinski definition) is 0. The van der Waals surface area contributed by atoms with E-state index in [4.69, 9.17) is 4.74 Å². The number of aryl methyl sites for hydroxylation is 1. The molecule has 0 aliphatic carbocycles. The normalized spacial score (nSPS) is 18.0. The molecule has 1 aliphatic rings. The maximum absolute atomic E-state index is 12.6. The van der Waals surface area contributed by atoms with Gasteiger partial charge in [0.1, 0.15) is 6.10 Å². The van der Waals surface area contributed by atoms with Gasteiger partial charge in [-0.3, -0.25) is 4.79 Å². The van der Waals surface area contributed by atoms with Crippen molar-refractivity contribution in [3.8, 4) is 5.88 Å². The van der Waals surface area contributed by atoms with E-state index >= 15 is 0 Å². The molecule has 22 heavy (non-hydrogen) atoms. The summed E-state index contributed by atoms with van der Waals surface area (Å²) in [5.41, 5.74) is 0.953. The van der Waals surface area contributed by atoms with Gasteiger partial charge in [-0.2, -0.15) is 0 Å². The van der Waals surface area contributed by atoms with Crippen molar-refractivity contribution in [2.75, 3.05) is 13.1 Å². The lowest BCUT2D eigenvalue weighted by Gasteiger charge is -2.23. The van der Waals surface area contributed by atoms with Gasteiger partial charge in [-0.25, -0.2) is 4.98 Å². The maximum Gasteiger partial charge on any atom is 0.225 e. The van der Waals surface area contributed by atoms with Gasteiger partial charge in [0, 0.05) is 30.6 Å². The van der Waals surface area contributed by atoms with Crippen LogP contribution in [0.25, 0.3) is 0 Å². The molecule has 0 radical (unpaired) electrons. The molecule has 1 saturated heterocycles. The molecule has 1 atom stereocenters. The molecule has 0 aromatic carbocycles. The number of carbonyl (C=O) groups excluding carboxylic acids is 1. The molecule has 0 bridgehead atoms. The molecular weight excluding hydrogens is 276 g/mol. The van der Waals surface area contributed by atoms with Gasteiger partial charge in [-0.15, -0.1) is 0 Å². The van der Waals surface area contributed by atoms with Crippen molar-refractivity contribution in [2.24, 2.45) is 5.92 Å². The Hall–Kier alpha value is -1.58. The fraction of sp³-hybridized carbons (Fsp3) is 0.667. The highest BCUT2D eigenvalue weighted by molar-refractivity contribution is 5.79. The van der Waals surface area contributed by atoms with Crippen LogP contribution >= 0.6 is 0 Å². The Morgan fingerprint density at radius 3 is 2.73 bits per heavy atom. The third-order valence-electron chi connectivity index (χ3n) is 4.23. The highest BCUT2D eigenvalue weighted by atomic mass is 16.5. The minimum atomic E-state index is 0.0714. The van der Waals surface area contributed by atoms with Gasteiger partial charge in [-0.05, 0) is 25.8 Å². The molecule has 122 valence electrons. The van der Waals surface area contributed by atoms with E-state index in [0.29, 0.717) is 18.3 Å². The number of pyridine rings is 1. The third kappa shape index (κ3) is 4.46. The number of rotatable bonds is 7. The van der Waals surface area contributed by atoms with Crippen LogP contribution in [0.5, 0.6) is 5.88 Å². The molecule has 1 unspecified atom stereocenters. The molecule has 2 heterocycles. The summed E-state index contributed by atoms with van der Waals surface area (Å²) in [5.74, 6) is 1.16. The summed E-state index contributed by atoms with van der Waals surface area (Å²) in [6.45, 7) is 7.75. The topological polar surface area (TPSA) is 42.4 Å². The van der Waals surface area contributed by atoms with Gasteiger partial charge in [0.15, 0.2) is 0 Å². The molecule has 1 amide bonds. The molecule has 1 aliphatic heterocycles. The number of amides is 1. The number of likely N-dealkylation sites (tertiary alicyclic amines) is 1. The molecule has 1 aromatic heterocycles. The fourth-order valence-corrected chi connectivity index (χ4v) is 3.13. The van der Waals surface area contributed by atoms with E-state index < -0.39 is 0 Å². The van der Waals surface area contributed by atoms with Gasteiger partial charge in [0.25, 0.3) is 0 Å². The van der Waals surface area contributed by atoms with Crippen LogP contribution in [0.1, 0.15) is 51.6 Å². The SMILES string of the molecule is CCCC(CCC)C(=O)N1CCC(Oc2cccc(C)n2)C1. The summed E-state index contributed by atoms with van der Waals surface area (Å²) in [7, 11) is 0. The Labute approximate surface area is 133 Å². The van der Waals surface area contributed by atoms with Crippen LogP contribution < -0.4 is 4.74 Å². The Kier molecular flexibility index (Phi) is 6.22. The van der Waals surface area contributed by atoms with Crippen molar-refractivity contribution in [3.05, 3.63) is 23.9 Å². The van der Waals surface area contributed by atoms with E-state index in [9.17, 15) is 4.79 Å². The molecule has 1 aromatic rings. The van der Waals surface area contributed by atoms with Crippen molar-refractivity contribution >= 4 is 5.91 Å². The minimum Gasteiger partial charge on any atom is -0.472 e. The Morgan fingerprint density at radius 2 is 2.09 bits per heavy atom. The highest BCUT2D eigenvalue weighted by Crippen LogP contribution is 2.22. The van der Waals surface area contributed by atoms with Crippen LogP contribution in [0, 0.1) is 12.8 Å². The lowest BCUT2D eigenvalue weighted by Crippen LogP contribution is -2.35. The van der Waals surface area contributed by atoms with Crippen LogP contribution in [-0.2, 0) is 4.79 Å². The van der Waals surface area contributed by atoms with Crippen molar-refractivity contribution in [3.63, 3.8) is 0 Å². The van der Waals surface area contributed by atoms with Gasteiger partial charge in [0.2, 0.25) is 11.8 Å². The molecule has 1 fully saturated rings. The first-order valence-electron chi connectivity index (χ1n) is 8.53. The zero-order valence-electron chi connectivity index (χ0n) is 14.0. The van der Waals surface area contributed by atoms with Gasteiger partial charge in [0.05, 0.1) is 6.54 Å². The van der Waals surface area contributed by atoms with Gasteiger partial charge >= 0.3 is 0 Å². The van der Waals surface area contributed by atoms with Crippen molar-refractivity contribution in [2.45, 2.75) is 59.0 Å². The predicted molar refractivity (Wildman–Crippen MR) is 87.9 cm³/mol. The largest absolute Gasteiger partial charge is 0.472 e. The first-order chi connectivity index (χ1) is 10.6. The average Bonchev–Trinajstić information content (AvgIpc) is 2.95. The third-order valence-corrected chi connectivity index (χ3v) is 4.23. The van der Waals surface area contributed by atoms with E-state index in [-0.39, 0.29) is 12.0 Å². The second kappa shape index (κ2) is 8.16. The van der Waals surface area contributed by atoms with Crippen LogP contribution in [0.15, 0.2) is 18.2 Å². The van der Waals surface area contributed by atoms with Crippen molar-refractivity contribution < 1.29 is 9.53 Å². The average molecular weight is 304 g/mol. The number of nitrogens with zero attached hydrogens (tertiary/aromatic N) is 2. The van der Waals surface area contributed by atoms with E-state index in [0.717, 1.165) is 44.3 Å². The second-order valence-corrected chi connectivity index (χ2v) is 6.20. The monoisotopic (exact) mass is 304 g/mol. The standard InChI is InChI=1S/C18H28N2O2/c1-4-7-15(8-5-2)18(21)20-12-11-16(13-20)22-17-10-6-9-14(3)19-17/h6,9-10,15-16H,4-5,7-8,11-13H2,1-3H3. The first kappa shape index (κ1) is 16.8. The van der Waals surface area contributed by atoms with Crippen LogP contribution in [0.3, 0.4) is 0 Å². The molecule has 4 heteroatoms. The number of ether oxygens (including phenoxy) is 1. The summed E-state index contributed by atoms with van der Waals surface area (Å²) in [5, 5.41) is 0. The molecule has 2 rings (SSSR count). The summed E-state index contributed by atoms with van der Waals surface area (Å²) >= 11 is 0. The molecule has 4 nitrogen and oxygen atoms in total. The molecule has 0 saturated carbocycles. The van der Waals surface area contributed by atoms with Crippen molar-refractivity contribution in [1.82, 2.24) is 9.88 Å². The minimum absolute atomic E-state index is 0.0714. The van der Waals surface area contributed by atoms with E-state index in [1.165, 1.54) is 0 Å². The van der Waals surface area contributed by atoms with E-state index in [2.05, 4.69) is 18.8 Å². The maximum atomic E-state index is 12.6. The first-order valence-corrected chi connectivity index (χ1v) is 8.53. The van der Waals surface area contributed by atoms with Crippen molar-refractivity contribution in [1.29, 1.82) is 0 Å². The highest BCUT2D eigenvalue weighted by Gasteiger charge is 2.31. The molecule has 0 N–H and O–H groups in total. The summed E-state index contributed by atoms with van der Waals surface area (Å²) in [6, 6.07) is 5.79. The number of aromatic nitrogens is 1. The Bertz CT molecular complexity index is 484. The zero-order chi connectivity index (χ0) is 15.9. The number of carbonyl (C=O) groups is 1. The Balaban J connectivity index is 1.89. The van der Waals surface area contributed by atoms with Gasteiger partial charge < -0.3 is 9.64 Å². The van der Waals surface area contributed by atoms with E-state index in [1.807, 2.05) is 30.0 Å². The molecular formula is C18H28N2O2. The Morgan fingerprint density at radius 1 is 1.36 bits per heavy atom. The fourth-order valence-electron chi connectivity index (χ4n) is 3.13. The lowest BCUT2D eigenvalue weighted by atomic mass is 9.97. The van der Waals surface area contributed by atoms with Crippen LogP contribution in [-0.4, -0.2) is 35.0 Å². The summed E-state index contributed by atoms with van der Waals surface area (Å²) < 4.78 is 5.93. The second-order valence-electron chi connectivity index (χ2n) is 6.20. The predicted octanol–water partition coefficient (Wildman–Crippen LogP) is 3.59. The van der Waals surface area contributed by atoms with Crippen LogP contribution in [0.4, 0.5) is 0 Å². The zero-order valence-corrected chi connectivity index (χ0v) is 14.0. The van der Waals surface area contributed by atoms with Gasteiger partial charge in [-0.1, -0.05) is 32.8 Å². The van der Waals surface area contributed by atoms with Crippen LogP contribution in [0.2, 0.25) is 0 Å².